The molecule has 0 amide bonds. The van der Waals surface area contributed by atoms with E-state index in [1.807, 2.05) is 12.1 Å². The van der Waals surface area contributed by atoms with Gasteiger partial charge in [0.25, 0.3) is 0 Å². The summed E-state index contributed by atoms with van der Waals surface area (Å²) in [5, 5.41) is 3.51. The molecule has 108 valence electrons. The number of anilines is 1. The maximum Gasteiger partial charge on any atom is 0.142 e. The van der Waals surface area contributed by atoms with Crippen LogP contribution in [-0.4, -0.2) is 32.8 Å². The standard InChI is InChI=1S/C16H28N2O/c1-16(2,3)17-12-8-9-13-18(4)14-10-6-7-11-15(14)19-5/h6-7,10-11,17H,8-9,12-13H2,1-5H3. The van der Waals surface area contributed by atoms with E-state index in [1.54, 1.807) is 7.11 Å². The Hall–Kier alpha value is -1.22. The Bertz CT molecular complexity index is 371. The van der Waals surface area contributed by atoms with Crippen LogP contribution in [0.5, 0.6) is 5.75 Å². The fraction of sp³-hybridized carbons (Fsp3) is 0.625. The molecule has 0 aliphatic carbocycles. The Morgan fingerprint density at radius 1 is 1.16 bits per heavy atom. The molecule has 0 saturated heterocycles. The van der Waals surface area contributed by atoms with E-state index in [4.69, 9.17) is 4.74 Å². The summed E-state index contributed by atoms with van der Waals surface area (Å²) in [4.78, 5) is 2.26. The number of hydrogen-bond donors (Lipinski definition) is 1. The fourth-order valence-electron chi connectivity index (χ4n) is 2.00. The van der Waals surface area contributed by atoms with Crippen molar-refractivity contribution in [3.8, 4) is 5.75 Å². The van der Waals surface area contributed by atoms with E-state index in [2.05, 4.69) is 50.2 Å². The SMILES string of the molecule is COc1ccccc1N(C)CCCCNC(C)(C)C. The highest BCUT2D eigenvalue weighted by Crippen LogP contribution is 2.26. The van der Waals surface area contributed by atoms with Crippen LogP contribution in [0.3, 0.4) is 0 Å². The third-order valence-electron chi connectivity index (χ3n) is 3.07. The van der Waals surface area contributed by atoms with Gasteiger partial charge in [-0.25, -0.2) is 0 Å². The summed E-state index contributed by atoms with van der Waals surface area (Å²) >= 11 is 0. The zero-order chi connectivity index (χ0) is 14.3. The summed E-state index contributed by atoms with van der Waals surface area (Å²) in [5.74, 6) is 0.942. The topological polar surface area (TPSA) is 24.5 Å². The van der Waals surface area contributed by atoms with Crippen molar-refractivity contribution >= 4 is 5.69 Å². The Morgan fingerprint density at radius 2 is 1.84 bits per heavy atom. The molecule has 3 heteroatoms. The van der Waals surface area contributed by atoms with Crippen molar-refractivity contribution in [3.05, 3.63) is 24.3 Å². The number of unbranched alkanes of at least 4 members (excludes halogenated alkanes) is 1. The van der Waals surface area contributed by atoms with Gasteiger partial charge in [-0.2, -0.15) is 0 Å². The van der Waals surface area contributed by atoms with E-state index in [0.717, 1.165) is 24.5 Å². The minimum atomic E-state index is 0.217. The number of nitrogens with one attached hydrogen (secondary N) is 1. The van der Waals surface area contributed by atoms with E-state index in [9.17, 15) is 0 Å². The average molecular weight is 264 g/mol. The van der Waals surface area contributed by atoms with E-state index < -0.39 is 0 Å². The molecule has 0 spiro atoms. The van der Waals surface area contributed by atoms with Crippen LogP contribution in [0.2, 0.25) is 0 Å². The monoisotopic (exact) mass is 264 g/mol. The molecule has 19 heavy (non-hydrogen) atoms. The van der Waals surface area contributed by atoms with Crippen LogP contribution >= 0.6 is 0 Å². The highest BCUT2D eigenvalue weighted by molar-refractivity contribution is 5.57. The van der Waals surface area contributed by atoms with Crippen LogP contribution in [0.1, 0.15) is 33.6 Å². The lowest BCUT2D eigenvalue weighted by Crippen LogP contribution is -2.36. The van der Waals surface area contributed by atoms with Gasteiger partial charge in [0, 0.05) is 19.1 Å². The van der Waals surface area contributed by atoms with Gasteiger partial charge in [0.1, 0.15) is 5.75 Å². The molecule has 1 N–H and O–H groups in total. The van der Waals surface area contributed by atoms with Gasteiger partial charge in [-0.15, -0.1) is 0 Å². The first-order chi connectivity index (χ1) is 8.94. The Morgan fingerprint density at radius 3 is 2.47 bits per heavy atom. The van der Waals surface area contributed by atoms with Crippen LogP contribution in [0.15, 0.2) is 24.3 Å². The molecule has 0 atom stereocenters. The predicted octanol–water partition coefficient (Wildman–Crippen LogP) is 3.30. The minimum absolute atomic E-state index is 0.217. The molecule has 0 saturated carbocycles. The zero-order valence-electron chi connectivity index (χ0n) is 13.0. The molecule has 0 unspecified atom stereocenters. The second-order valence-corrected chi connectivity index (χ2v) is 5.98. The Labute approximate surface area is 118 Å². The molecule has 1 rings (SSSR count). The second-order valence-electron chi connectivity index (χ2n) is 5.98. The maximum atomic E-state index is 5.38. The van der Waals surface area contributed by atoms with Crippen molar-refractivity contribution < 1.29 is 4.74 Å². The molecule has 1 aromatic carbocycles. The van der Waals surface area contributed by atoms with E-state index in [1.165, 1.54) is 12.8 Å². The quantitative estimate of drug-likeness (QED) is 0.765. The maximum absolute atomic E-state index is 5.38. The van der Waals surface area contributed by atoms with Crippen molar-refractivity contribution in [2.24, 2.45) is 0 Å². The lowest BCUT2D eigenvalue weighted by atomic mass is 10.1. The van der Waals surface area contributed by atoms with Gasteiger partial charge in [0.2, 0.25) is 0 Å². The summed E-state index contributed by atoms with van der Waals surface area (Å²) in [6, 6.07) is 8.16. The smallest absolute Gasteiger partial charge is 0.142 e. The van der Waals surface area contributed by atoms with Crippen molar-refractivity contribution in [2.75, 3.05) is 32.1 Å². The molecule has 1 aromatic rings. The van der Waals surface area contributed by atoms with Crippen molar-refractivity contribution in [3.63, 3.8) is 0 Å². The minimum Gasteiger partial charge on any atom is -0.495 e. The van der Waals surface area contributed by atoms with E-state index in [0.29, 0.717) is 0 Å². The fourth-order valence-corrected chi connectivity index (χ4v) is 2.00. The first kappa shape index (κ1) is 15.8. The number of ether oxygens (including phenoxy) is 1. The molecule has 0 bridgehead atoms. The number of methoxy groups -OCH3 is 1. The number of hydrogen-bond acceptors (Lipinski definition) is 3. The lowest BCUT2D eigenvalue weighted by Gasteiger charge is -2.23. The summed E-state index contributed by atoms with van der Waals surface area (Å²) in [6.45, 7) is 8.73. The van der Waals surface area contributed by atoms with Gasteiger partial charge >= 0.3 is 0 Å². The molecule has 0 aliphatic heterocycles. The van der Waals surface area contributed by atoms with Crippen LogP contribution < -0.4 is 15.0 Å². The van der Waals surface area contributed by atoms with Crippen LogP contribution in [0.4, 0.5) is 5.69 Å². The van der Waals surface area contributed by atoms with Gasteiger partial charge in [-0.05, 0) is 52.3 Å². The average Bonchev–Trinajstić information content (AvgIpc) is 2.36. The molecular weight excluding hydrogens is 236 g/mol. The van der Waals surface area contributed by atoms with Crippen LogP contribution in [0, 0.1) is 0 Å². The van der Waals surface area contributed by atoms with Gasteiger partial charge in [-0.1, -0.05) is 12.1 Å². The molecule has 0 fully saturated rings. The summed E-state index contributed by atoms with van der Waals surface area (Å²) in [6.07, 6.45) is 2.37. The first-order valence-electron chi connectivity index (χ1n) is 7.03. The number of benzene rings is 1. The molecular formula is C16H28N2O. The summed E-state index contributed by atoms with van der Waals surface area (Å²) in [5.41, 5.74) is 1.38. The van der Waals surface area contributed by atoms with Gasteiger partial charge in [0.15, 0.2) is 0 Å². The third kappa shape index (κ3) is 5.97. The lowest BCUT2D eigenvalue weighted by molar-refractivity contribution is 0.413. The van der Waals surface area contributed by atoms with E-state index >= 15 is 0 Å². The summed E-state index contributed by atoms with van der Waals surface area (Å²) < 4.78 is 5.38. The largest absolute Gasteiger partial charge is 0.495 e. The first-order valence-corrected chi connectivity index (χ1v) is 7.03. The molecule has 3 nitrogen and oxygen atoms in total. The molecule has 0 aliphatic rings. The third-order valence-corrected chi connectivity index (χ3v) is 3.07. The Kier molecular flexibility index (Phi) is 6.16. The zero-order valence-corrected chi connectivity index (χ0v) is 13.0. The highest BCUT2D eigenvalue weighted by Gasteiger charge is 2.08. The van der Waals surface area contributed by atoms with Gasteiger partial charge in [0.05, 0.1) is 12.8 Å². The van der Waals surface area contributed by atoms with Gasteiger partial charge < -0.3 is 15.0 Å². The normalized spacial score (nSPS) is 11.4. The summed E-state index contributed by atoms with van der Waals surface area (Å²) in [7, 11) is 3.84. The molecule has 0 radical (unpaired) electrons. The number of nitrogens with zero attached hydrogens (tertiary/aromatic N) is 1. The van der Waals surface area contributed by atoms with Gasteiger partial charge in [-0.3, -0.25) is 0 Å². The molecule has 0 aromatic heterocycles. The van der Waals surface area contributed by atoms with Crippen LogP contribution in [-0.2, 0) is 0 Å². The van der Waals surface area contributed by atoms with Crippen molar-refractivity contribution in [1.29, 1.82) is 0 Å². The second kappa shape index (κ2) is 7.39. The van der Waals surface area contributed by atoms with Crippen molar-refractivity contribution in [1.82, 2.24) is 5.32 Å². The predicted molar refractivity (Wildman–Crippen MR) is 83.3 cm³/mol. The van der Waals surface area contributed by atoms with E-state index in [-0.39, 0.29) is 5.54 Å². The highest BCUT2D eigenvalue weighted by atomic mass is 16.5. The Balaban J connectivity index is 2.33. The van der Waals surface area contributed by atoms with Crippen molar-refractivity contribution in [2.45, 2.75) is 39.2 Å². The molecule has 0 heterocycles. The number of rotatable bonds is 7. The number of para-hydroxylation sites is 2. The van der Waals surface area contributed by atoms with Crippen LogP contribution in [0.25, 0.3) is 0 Å².